The number of carbonyl (C=O) groups excluding carboxylic acids is 1. The first-order valence-corrected chi connectivity index (χ1v) is 10.3. The third-order valence-electron chi connectivity index (χ3n) is 4.84. The second kappa shape index (κ2) is 9.01. The van der Waals surface area contributed by atoms with Gasteiger partial charge in [0.05, 0.1) is 13.2 Å². The Labute approximate surface area is 184 Å². The normalized spacial score (nSPS) is 15.8. The standard InChI is InChI=1S/C25H20BrNO3/c1-29-20-14-12-19(13-15-20)24-16-22(18-8-4-2-5-9-18)23(26)17-27(24)25(28)30-21-10-6-3-7-11-21/h2-17,24H,1H3. The van der Waals surface area contributed by atoms with Crippen LogP contribution in [-0.4, -0.2) is 18.1 Å². The molecular weight excluding hydrogens is 442 g/mol. The Kier molecular flexibility index (Phi) is 6.00. The van der Waals surface area contributed by atoms with Gasteiger partial charge in [0.15, 0.2) is 0 Å². The zero-order valence-corrected chi connectivity index (χ0v) is 18.0. The maximum absolute atomic E-state index is 13.0. The number of rotatable bonds is 4. The van der Waals surface area contributed by atoms with E-state index in [1.165, 1.54) is 0 Å². The number of para-hydroxylation sites is 1. The van der Waals surface area contributed by atoms with Crippen LogP contribution in [-0.2, 0) is 0 Å². The number of ether oxygens (including phenoxy) is 2. The highest BCUT2D eigenvalue weighted by atomic mass is 79.9. The smallest absolute Gasteiger partial charge is 0.420 e. The van der Waals surface area contributed by atoms with E-state index in [1.807, 2.05) is 72.8 Å². The first-order valence-electron chi connectivity index (χ1n) is 9.50. The summed E-state index contributed by atoms with van der Waals surface area (Å²) in [4.78, 5) is 14.6. The van der Waals surface area contributed by atoms with Gasteiger partial charge in [0.25, 0.3) is 0 Å². The Morgan fingerprint density at radius 1 is 0.867 bits per heavy atom. The number of methoxy groups -OCH3 is 1. The first-order chi connectivity index (χ1) is 14.7. The monoisotopic (exact) mass is 461 g/mol. The highest BCUT2D eigenvalue weighted by molar-refractivity contribution is 9.12. The van der Waals surface area contributed by atoms with Crippen LogP contribution in [0.15, 0.2) is 102 Å². The fourth-order valence-electron chi connectivity index (χ4n) is 3.31. The van der Waals surface area contributed by atoms with Crippen LogP contribution in [0, 0.1) is 0 Å². The van der Waals surface area contributed by atoms with Gasteiger partial charge in [-0.3, -0.25) is 4.90 Å². The molecule has 1 heterocycles. The number of hydrogen-bond acceptors (Lipinski definition) is 3. The van der Waals surface area contributed by atoms with E-state index in [0.717, 1.165) is 26.9 Å². The minimum absolute atomic E-state index is 0.330. The molecule has 4 rings (SSSR count). The minimum Gasteiger partial charge on any atom is -0.497 e. The number of hydrogen-bond donors (Lipinski definition) is 0. The number of amides is 1. The average molecular weight is 462 g/mol. The molecule has 1 unspecified atom stereocenters. The number of carbonyl (C=O) groups is 1. The number of halogens is 1. The topological polar surface area (TPSA) is 38.8 Å². The Morgan fingerprint density at radius 3 is 2.13 bits per heavy atom. The number of allylic oxidation sites excluding steroid dienone is 2. The molecule has 5 heteroatoms. The largest absolute Gasteiger partial charge is 0.497 e. The van der Waals surface area contributed by atoms with Gasteiger partial charge in [-0.05, 0) is 63.0 Å². The molecular formula is C25H20BrNO3. The third kappa shape index (κ3) is 4.31. The van der Waals surface area contributed by atoms with E-state index < -0.39 is 6.09 Å². The zero-order valence-electron chi connectivity index (χ0n) is 16.4. The maximum Gasteiger partial charge on any atom is 0.420 e. The number of nitrogens with zero attached hydrogens (tertiary/aromatic N) is 1. The van der Waals surface area contributed by atoms with Crippen LogP contribution in [0.4, 0.5) is 4.79 Å². The third-order valence-corrected chi connectivity index (χ3v) is 5.47. The molecule has 0 bridgehead atoms. The van der Waals surface area contributed by atoms with Crippen LogP contribution < -0.4 is 9.47 Å². The molecule has 1 aliphatic heterocycles. The van der Waals surface area contributed by atoms with E-state index in [4.69, 9.17) is 9.47 Å². The van der Waals surface area contributed by atoms with Gasteiger partial charge in [0, 0.05) is 10.7 Å². The molecule has 0 aliphatic carbocycles. The summed E-state index contributed by atoms with van der Waals surface area (Å²) in [6.45, 7) is 0. The Bertz CT molecular complexity index is 1080. The van der Waals surface area contributed by atoms with Gasteiger partial charge < -0.3 is 9.47 Å². The fourth-order valence-corrected chi connectivity index (χ4v) is 3.89. The van der Waals surface area contributed by atoms with Crippen molar-refractivity contribution < 1.29 is 14.3 Å². The maximum atomic E-state index is 13.0. The van der Waals surface area contributed by atoms with Crippen LogP contribution in [0.2, 0.25) is 0 Å². The summed E-state index contributed by atoms with van der Waals surface area (Å²) >= 11 is 3.63. The van der Waals surface area contributed by atoms with E-state index in [1.54, 1.807) is 30.3 Å². The quantitative estimate of drug-likeness (QED) is 0.440. The molecule has 1 amide bonds. The average Bonchev–Trinajstić information content (AvgIpc) is 2.80. The van der Waals surface area contributed by atoms with E-state index in [0.29, 0.717) is 5.75 Å². The number of benzene rings is 3. The lowest BCUT2D eigenvalue weighted by atomic mass is 9.96. The second-order valence-corrected chi connectivity index (χ2v) is 7.58. The van der Waals surface area contributed by atoms with Gasteiger partial charge in [-0.15, -0.1) is 0 Å². The van der Waals surface area contributed by atoms with Crippen molar-refractivity contribution in [1.29, 1.82) is 0 Å². The van der Waals surface area contributed by atoms with Crippen molar-refractivity contribution in [3.05, 3.63) is 113 Å². The summed E-state index contributed by atoms with van der Waals surface area (Å²) in [7, 11) is 1.63. The molecule has 0 fully saturated rings. The molecule has 0 spiro atoms. The van der Waals surface area contributed by atoms with Gasteiger partial charge in [-0.25, -0.2) is 4.79 Å². The van der Waals surface area contributed by atoms with Crippen molar-refractivity contribution in [3.8, 4) is 11.5 Å². The van der Waals surface area contributed by atoms with Crippen molar-refractivity contribution in [1.82, 2.24) is 4.90 Å². The van der Waals surface area contributed by atoms with Gasteiger partial charge in [0.2, 0.25) is 0 Å². The predicted molar refractivity (Wildman–Crippen MR) is 121 cm³/mol. The van der Waals surface area contributed by atoms with E-state index in [9.17, 15) is 4.79 Å². The van der Waals surface area contributed by atoms with Gasteiger partial charge in [-0.2, -0.15) is 0 Å². The summed E-state index contributed by atoms with van der Waals surface area (Å²) in [6.07, 6.45) is 3.39. The van der Waals surface area contributed by atoms with Crippen molar-refractivity contribution in [3.63, 3.8) is 0 Å². The molecule has 150 valence electrons. The molecule has 0 N–H and O–H groups in total. The van der Waals surface area contributed by atoms with Gasteiger partial charge in [-0.1, -0.05) is 60.7 Å². The molecule has 30 heavy (non-hydrogen) atoms. The molecule has 1 aliphatic rings. The first kappa shape index (κ1) is 20.0. The fraction of sp³-hybridized carbons (Fsp3) is 0.0800. The summed E-state index contributed by atoms with van der Waals surface area (Å²) in [5.74, 6) is 1.26. The lowest BCUT2D eigenvalue weighted by Gasteiger charge is -2.31. The highest BCUT2D eigenvalue weighted by Crippen LogP contribution is 2.39. The van der Waals surface area contributed by atoms with Crippen molar-refractivity contribution in [2.45, 2.75) is 6.04 Å². The van der Waals surface area contributed by atoms with E-state index in [2.05, 4.69) is 22.0 Å². The molecule has 0 saturated carbocycles. The van der Waals surface area contributed by atoms with Crippen molar-refractivity contribution in [2.75, 3.05) is 7.11 Å². The second-order valence-electron chi connectivity index (χ2n) is 6.73. The summed E-state index contributed by atoms with van der Waals surface area (Å²) in [5, 5.41) is 0. The van der Waals surface area contributed by atoms with Gasteiger partial charge in [0.1, 0.15) is 11.5 Å². The SMILES string of the molecule is COc1ccc(C2C=C(c3ccccc3)C(Br)=CN2C(=O)Oc2ccccc2)cc1. The van der Waals surface area contributed by atoms with E-state index in [-0.39, 0.29) is 6.04 Å². The van der Waals surface area contributed by atoms with Crippen molar-refractivity contribution >= 4 is 27.6 Å². The molecule has 0 aromatic heterocycles. The highest BCUT2D eigenvalue weighted by Gasteiger charge is 2.29. The van der Waals surface area contributed by atoms with Gasteiger partial charge >= 0.3 is 6.09 Å². The van der Waals surface area contributed by atoms with Crippen LogP contribution in [0.1, 0.15) is 17.2 Å². The zero-order chi connectivity index (χ0) is 20.9. The Hall–Kier alpha value is -3.31. The molecule has 4 nitrogen and oxygen atoms in total. The molecule has 3 aromatic rings. The molecule has 0 radical (unpaired) electrons. The lowest BCUT2D eigenvalue weighted by Crippen LogP contribution is -2.34. The van der Waals surface area contributed by atoms with Crippen LogP contribution in [0.3, 0.4) is 0 Å². The molecule has 1 atom stereocenters. The van der Waals surface area contributed by atoms with Crippen LogP contribution >= 0.6 is 15.9 Å². The predicted octanol–water partition coefficient (Wildman–Crippen LogP) is 6.57. The summed E-state index contributed by atoms with van der Waals surface area (Å²) in [6, 6.07) is 26.5. The Balaban J connectivity index is 1.72. The van der Waals surface area contributed by atoms with Crippen LogP contribution in [0.25, 0.3) is 5.57 Å². The lowest BCUT2D eigenvalue weighted by molar-refractivity contribution is 0.161. The van der Waals surface area contributed by atoms with E-state index >= 15 is 0 Å². The summed E-state index contributed by atoms with van der Waals surface area (Å²) < 4.78 is 11.7. The van der Waals surface area contributed by atoms with Crippen molar-refractivity contribution in [2.24, 2.45) is 0 Å². The minimum atomic E-state index is -0.456. The molecule has 0 saturated heterocycles. The summed E-state index contributed by atoms with van der Waals surface area (Å²) in [5.41, 5.74) is 3.03. The van der Waals surface area contributed by atoms with Crippen LogP contribution in [0.5, 0.6) is 11.5 Å². The molecule has 3 aromatic carbocycles. The Morgan fingerprint density at radius 2 is 1.50 bits per heavy atom.